The molecular formula is C19H17F5O5. The van der Waals surface area contributed by atoms with Gasteiger partial charge in [0.25, 0.3) is 0 Å². The number of ether oxygens (including phenoxy) is 2. The predicted molar refractivity (Wildman–Crippen MR) is 90.9 cm³/mol. The molecule has 0 amide bonds. The molecule has 1 saturated carbocycles. The van der Waals surface area contributed by atoms with Gasteiger partial charge in [-0.2, -0.15) is 22.0 Å². The van der Waals surface area contributed by atoms with Gasteiger partial charge in [-0.3, -0.25) is 4.79 Å². The molecule has 1 aliphatic carbocycles. The number of rotatable bonds is 6. The van der Waals surface area contributed by atoms with E-state index in [1.165, 1.54) is 12.1 Å². The van der Waals surface area contributed by atoms with Gasteiger partial charge in [-0.15, -0.1) is 0 Å². The van der Waals surface area contributed by atoms with E-state index < -0.39 is 30.1 Å². The summed E-state index contributed by atoms with van der Waals surface area (Å²) < 4.78 is 72.1. The molecule has 2 aromatic carbocycles. The van der Waals surface area contributed by atoms with Crippen molar-refractivity contribution in [2.24, 2.45) is 5.92 Å². The number of carboxylic acids is 1. The number of halogens is 5. The number of aliphatic carboxylic acids is 1. The monoisotopic (exact) mass is 420 g/mol. The molecule has 2 N–H and O–H groups in total. The minimum absolute atomic E-state index is 0.0185. The van der Waals surface area contributed by atoms with Crippen molar-refractivity contribution in [3.05, 3.63) is 53.6 Å². The van der Waals surface area contributed by atoms with Crippen molar-refractivity contribution in [1.82, 2.24) is 0 Å². The fraction of sp³-hybridized carbons (Fsp3) is 0.316. The zero-order valence-electron chi connectivity index (χ0n) is 14.8. The third-order valence-corrected chi connectivity index (χ3v) is 3.72. The Labute approximate surface area is 162 Å². The van der Waals surface area contributed by atoms with Crippen LogP contribution in [0.1, 0.15) is 24.0 Å². The number of hydrogen-bond acceptors (Lipinski definition) is 4. The standard InChI is InChI=1S/C15H11F5O3.C4H6O2/c16-14(17)23-13-7-10(15(18,19)20)4-5-12(13)22-11-3-1-2-9(6-11)8-21;5-4(6)3-1-2-3/h1-7,14,21H,8H2;3H,1-2H2,(H,5,6). The number of carbonyl (C=O) groups is 1. The van der Waals surface area contributed by atoms with E-state index in [-0.39, 0.29) is 24.0 Å². The van der Waals surface area contributed by atoms with Crippen LogP contribution in [0.5, 0.6) is 17.2 Å². The molecule has 0 atom stereocenters. The Balaban J connectivity index is 0.000000426. The summed E-state index contributed by atoms with van der Waals surface area (Å²) in [6.45, 7) is -3.57. The summed E-state index contributed by atoms with van der Waals surface area (Å²) in [5, 5.41) is 17.1. The SMILES string of the molecule is O=C(O)C1CC1.OCc1cccc(Oc2ccc(C(F)(F)F)cc2OC(F)F)c1. The summed E-state index contributed by atoms with van der Waals surface area (Å²) in [4.78, 5) is 9.76. The first-order valence-corrected chi connectivity index (χ1v) is 8.36. The van der Waals surface area contributed by atoms with Gasteiger partial charge >= 0.3 is 18.8 Å². The van der Waals surface area contributed by atoms with Gasteiger partial charge in [0.1, 0.15) is 5.75 Å². The highest BCUT2D eigenvalue weighted by molar-refractivity contribution is 5.72. The third-order valence-electron chi connectivity index (χ3n) is 3.72. The lowest BCUT2D eigenvalue weighted by molar-refractivity contribution is -0.139. The lowest BCUT2D eigenvalue weighted by Gasteiger charge is -2.15. The van der Waals surface area contributed by atoms with Gasteiger partial charge in [0.05, 0.1) is 18.1 Å². The number of aliphatic hydroxyl groups excluding tert-OH is 1. The molecule has 0 aliphatic heterocycles. The Bertz CT molecular complexity index is 834. The van der Waals surface area contributed by atoms with E-state index in [9.17, 15) is 26.7 Å². The van der Waals surface area contributed by atoms with Crippen molar-refractivity contribution in [2.45, 2.75) is 32.2 Å². The first-order valence-electron chi connectivity index (χ1n) is 8.36. The Hall–Kier alpha value is -2.88. The van der Waals surface area contributed by atoms with Crippen LogP contribution in [-0.4, -0.2) is 22.8 Å². The van der Waals surface area contributed by atoms with Crippen molar-refractivity contribution in [3.63, 3.8) is 0 Å². The molecule has 0 spiro atoms. The van der Waals surface area contributed by atoms with Crippen molar-refractivity contribution in [3.8, 4) is 17.2 Å². The summed E-state index contributed by atoms with van der Waals surface area (Å²) in [6, 6.07) is 8.05. The smallest absolute Gasteiger partial charge is 0.416 e. The van der Waals surface area contributed by atoms with Gasteiger partial charge in [0, 0.05) is 0 Å². The maximum Gasteiger partial charge on any atom is 0.416 e. The molecule has 5 nitrogen and oxygen atoms in total. The van der Waals surface area contributed by atoms with E-state index in [1.807, 2.05) is 0 Å². The highest BCUT2D eigenvalue weighted by atomic mass is 19.4. The average molecular weight is 420 g/mol. The first kappa shape index (κ1) is 22.4. The highest BCUT2D eigenvalue weighted by Gasteiger charge is 2.32. The Morgan fingerprint density at radius 2 is 1.79 bits per heavy atom. The zero-order valence-corrected chi connectivity index (χ0v) is 14.8. The second-order valence-electron chi connectivity index (χ2n) is 6.06. The van der Waals surface area contributed by atoms with Crippen LogP contribution >= 0.6 is 0 Å². The average Bonchev–Trinajstić information content (AvgIpc) is 3.48. The molecule has 0 saturated heterocycles. The van der Waals surface area contributed by atoms with Gasteiger partial charge < -0.3 is 19.7 Å². The zero-order chi connectivity index (χ0) is 21.6. The van der Waals surface area contributed by atoms with Gasteiger partial charge in [0.15, 0.2) is 11.5 Å². The molecule has 29 heavy (non-hydrogen) atoms. The summed E-state index contributed by atoms with van der Waals surface area (Å²) >= 11 is 0. The van der Waals surface area contributed by atoms with Gasteiger partial charge in [-0.25, -0.2) is 0 Å². The lowest BCUT2D eigenvalue weighted by Crippen LogP contribution is -2.08. The van der Waals surface area contributed by atoms with Crippen molar-refractivity contribution in [1.29, 1.82) is 0 Å². The van der Waals surface area contributed by atoms with E-state index in [0.29, 0.717) is 17.7 Å². The van der Waals surface area contributed by atoms with Crippen LogP contribution in [0.4, 0.5) is 22.0 Å². The summed E-state index contributed by atoms with van der Waals surface area (Å²) in [5.74, 6) is -1.48. The largest absolute Gasteiger partial charge is 0.481 e. The Morgan fingerprint density at radius 3 is 2.28 bits per heavy atom. The highest BCUT2D eigenvalue weighted by Crippen LogP contribution is 2.38. The second kappa shape index (κ2) is 9.55. The van der Waals surface area contributed by atoms with Crippen LogP contribution in [0.3, 0.4) is 0 Å². The quantitative estimate of drug-likeness (QED) is 0.638. The molecule has 158 valence electrons. The molecule has 0 radical (unpaired) electrons. The van der Waals surface area contributed by atoms with Crippen molar-refractivity contribution < 1.29 is 46.4 Å². The molecule has 2 aromatic rings. The maximum absolute atomic E-state index is 12.7. The van der Waals surface area contributed by atoms with E-state index in [0.717, 1.165) is 18.9 Å². The molecule has 0 heterocycles. The normalized spacial score (nSPS) is 13.5. The molecule has 0 aromatic heterocycles. The molecule has 10 heteroatoms. The molecule has 0 bridgehead atoms. The first-order chi connectivity index (χ1) is 13.6. The lowest BCUT2D eigenvalue weighted by atomic mass is 10.2. The van der Waals surface area contributed by atoms with Crippen LogP contribution in [0.25, 0.3) is 0 Å². The topological polar surface area (TPSA) is 76.0 Å². The van der Waals surface area contributed by atoms with Crippen LogP contribution in [0.15, 0.2) is 42.5 Å². The number of hydrogen-bond donors (Lipinski definition) is 2. The summed E-state index contributed by atoms with van der Waals surface area (Å²) in [7, 11) is 0. The number of aliphatic hydroxyl groups is 1. The van der Waals surface area contributed by atoms with Gasteiger partial charge in [0.2, 0.25) is 0 Å². The third kappa shape index (κ3) is 7.22. The second-order valence-corrected chi connectivity index (χ2v) is 6.06. The van der Waals surface area contributed by atoms with E-state index in [2.05, 4.69) is 4.74 Å². The van der Waals surface area contributed by atoms with Crippen molar-refractivity contribution >= 4 is 5.97 Å². The number of carboxylic acid groups (broad SMARTS) is 1. The van der Waals surface area contributed by atoms with Crippen molar-refractivity contribution in [2.75, 3.05) is 0 Å². The fourth-order valence-corrected chi connectivity index (χ4v) is 2.12. The minimum atomic E-state index is -4.70. The van der Waals surface area contributed by atoms with Gasteiger partial charge in [-0.1, -0.05) is 12.1 Å². The Morgan fingerprint density at radius 1 is 1.10 bits per heavy atom. The molecule has 1 fully saturated rings. The number of benzene rings is 2. The Kier molecular flexibility index (Phi) is 7.38. The van der Waals surface area contributed by atoms with Gasteiger partial charge in [-0.05, 0) is 48.7 Å². The van der Waals surface area contributed by atoms with E-state index >= 15 is 0 Å². The molecule has 0 unspecified atom stereocenters. The predicted octanol–water partition coefficient (Wildman–Crippen LogP) is 5.07. The van der Waals surface area contributed by atoms with Crippen LogP contribution in [0, 0.1) is 5.92 Å². The van der Waals surface area contributed by atoms with Crippen LogP contribution in [-0.2, 0) is 17.6 Å². The minimum Gasteiger partial charge on any atom is -0.481 e. The summed E-state index contributed by atoms with van der Waals surface area (Å²) in [5.41, 5.74) is -0.643. The van der Waals surface area contributed by atoms with Crippen LogP contribution in [0.2, 0.25) is 0 Å². The van der Waals surface area contributed by atoms with E-state index in [1.54, 1.807) is 12.1 Å². The maximum atomic E-state index is 12.7. The number of alkyl halides is 5. The fourth-order valence-electron chi connectivity index (χ4n) is 2.12. The molecule has 3 rings (SSSR count). The summed E-state index contributed by atoms with van der Waals surface area (Å²) in [6.07, 6.45) is -2.90. The van der Waals surface area contributed by atoms with Crippen LogP contribution < -0.4 is 9.47 Å². The molecular weight excluding hydrogens is 403 g/mol. The molecule has 1 aliphatic rings. The van der Waals surface area contributed by atoms with E-state index in [4.69, 9.17) is 14.9 Å².